The highest BCUT2D eigenvalue weighted by Crippen LogP contribution is 2.09. The molecular weight excluding hydrogens is 160 g/mol. The van der Waals surface area contributed by atoms with Gasteiger partial charge in [-0.1, -0.05) is 0 Å². The van der Waals surface area contributed by atoms with Crippen molar-refractivity contribution in [3.8, 4) is 0 Å². The first-order valence-corrected chi connectivity index (χ1v) is 3.91. The van der Waals surface area contributed by atoms with E-state index in [-0.39, 0.29) is 6.04 Å². The lowest BCUT2D eigenvalue weighted by atomic mass is 10.1. The molecule has 1 saturated heterocycles. The van der Waals surface area contributed by atoms with E-state index in [0.29, 0.717) is 32.3 Å². The molecule has 1 rings (SSSR count). The molecule has 0 saturated carbocycles. The van der Waals surface area contributed by atoms with Gasteiger partial charge in [-0.25, -0.2) is 4.79 Å². The zero-order valence-corrected chi connectivity index (χ0v) is 6.69. The average molecular weight is 172 g/mol. The maximum atomic E-state index is 10.5. The van der Waals surface area contributed by atoms with Crippen LogP contribution in [-0.4, -0.2) is 41.6 Å². The Bertz CT molecular complexity index is 175. The van der Waals surface area contributed by atoms with Crippen LogP contribution in [-0.2, 0) is 4.79 Å². The molecular formula is C7H12N2O3. The number of hydrogen-bond donors (Lipinski definition) is 2. The molecule has 2 N–H and O–H groups in total. The van der Waals surface area contributed by atoms with Crippen LogP contribution in [0.5, 0.6) is 0 Å². The molecule has 0 aromatic rings. The van der Waals surface area contributed by atoms with Gasteiger partial charge in [-0.05, 0) is 12.8 Å². The highest BCUT2D eigenvalue weighted by Gasteiger charge is 2.21. The van der Waals surface area contributed by atoms with Crippen LogP contribution in [0.4, 0.5) is 4.79 Å². The number of rotatable bonds is 2. The van der Waals surface area contributed by atoms with Gasteiger partial charge in [0.1, 0.15) is 0 Å². The second kappa shape index (κ2) is 3.94. The summed E-state index contributed by atoms with van der Waals surface area (Å²) in [6.07, 6.45) is 1.22. The third-order valence-electron chi connectivity index (χ3n) is 2.07. The standard InChI is InChI=1S/C7H12N2O3/c10-5-8-6-1-3-9(4-2-6)7(11)12/h5-6H,1-4H2,(H,8,10)(H,11,12). The Morgan fingerprint density at radius 2 is 2.08 bits per heavy atom. The first-order valence-electron chi connectivity index (χ1n) is 3.91. The molecule has 0 aromatic heterocycles. The number of likely N-dealkylation sites (tertiary alicyclic amines) is 1. The van der Waals surface area contributed by atoms with Crippen molar-refractivity contribution in [2.75, 3.05) is 13.1 Å². The molecule has 1 aliphatic heterocycles. The topological polar surface area (TPSA) is 69.6 Å². The maximum absolute atomic E-state index is 10.5. The summed E-state index contributed by atoms with van der Waals surface area (Å²) < 4.78 is 0. The quantitative estimate of drug-likeness (QED) is 0.570. The molecule has 0 bridgehead atoms. The number of carbonyl (C=O) groups is 2. The third-order valence-corrected chi connectivity index (χ3v) is 2.07. The van der Waals surface area contributed by atoms with Gasteiger partial charge >= 0.3 is 6.09 Å². The summed E-state index contributed by atoms with van der Waals surface area (Å²) in [4.78, 5) is 21.9. The van der Waals surface area contributed by atoms with Crippen molar-refractivity contribution in [1.82, 2.24) is 10.2 Å². The second-order valence-electron chi connectivity index (χ2n) is 2.83. The zero-order chi connectivity index (χ0) is 8.97. The molecule has 0 atom stereocenters. The van der Waals surface area contributed by atoms with Crippen molar-refractivity contribution in [2.24, 2.45) is 0 Å². The highest BCUT2D eigenvalue weighted by atomic mass is 16.4. The van der Waals surface area contributed by atoms with Crippen LogP contribution >= 0.6 is 0 Å². The maximum Gasteiger partial charge on any atom is 0.407 e. The Labute approximate surface area is 70.4 Å². The van der Waals surface area contributed by atoms with E-state index in [4.69, 9.17) is 5.11 Å². The van der Waals surface area contributed by atoms with Gasteiger partial charge in [-0.2, -0.15) is 0 Å². The fourth-order valence-corrected chi connectivity index (χ4v) is 1.33. The molecule has 0 radical (unpaired) electrons. The molecule has 1 fully saturated rings. The predicted molar refractivity (Wildman–Crippen MR) is 41.8 cm³/mol. The van der Waals surface area contributed by atoms with Gasteiger partial charge in [0.25, 0.3) is 0 Å². The van der Waals surface area contributed by atoms with Crippen LogP contribution in [0.25, 0.3) is 0 Å². The average Bonchev–Trinajstić information content (AvgIpc) is 2.06. The van der Waals surface area contributed by atoms with Crippen LogP contribution in [0.1, 0.15) is 12.8 Å². The molecule has 68 valence electrons. The first-order chi connectivity index (χ1) is 5.74. The minimum Gasteiger partial charge on any atom is -0.465 e. The van der Waals surface area contributed by atoms with Gasteiger partial charge in [0.2, 0.25) is 6.41 Å². The highest BCUT2D eigenvalue weighted by molar-refractivity contribution is 5.65. The van der Waals surface area contributed by atoms with Gasteiger partial charge in [0, 0.05) is 19.1 Å². The second-order valence-corrected chi connectivity index (χ2v) is 2.83. The van der Waals surface area contributed by atoms with Gasteiger partial charge < -0.3 is 15.3 Å². The van der Waals surface area contributed by atoms with Crippen LogP contribution in [0, 0.1) is 0 Å². The van der Waals surface area contributed by atoms with Crippen LogP contribution in [0.3, 0.4) is 0 Å². The van der Waals surface area contributed by atoms with Crippen molar-refractivity contribution in [3.63, 3.8) is 0 Å². The van der Waals surface area contributed by atoms with E-state index in [1.54, 1.807) is 0 Å². The molecule has 1 heterocycles. The molecule has 5 nitrogen and oxygen atoms in total. The van der Waals surface area contributed by atoms with Crippen LogP contribution in [0.2, 0.25) is 0 Å². The molecule has 0 spiro atoms. The number of amides is 2. The van der Waals surface area contributed by atoms with Crippen molar-refractivity contribution >= 4 is 12.5 Å². The summed E-state index contributed by atoms with van der Waals surface area (Å²) in [6, 6.07) is 0.151. The van der Waals surface area contributed by atoms with E-state index in [9.17, 15) is 9.59 Å². The van der Waals surface area contributed by atoms with Gasteiger partial charge in [-0.15, -0.1) is 0 Å². The summed E-state index contributed by atoms with van der Waals surface area (Å²) in [6.45, 7) is 1.03. The van der Waals surface area contributed by atoms with E-state index in [2.05, 4.69) is 5.32 Å². The number of nitrogens with zero attached hydrogens (tertiary/aromatic N) is 1. The Morgan fingerprint density at radius 3 is 2.50 bits per heavy atom. The Balaban J connectivity index is 2.29. The van der Waals surface area contributed by atoms with Gasteiger partial charge in [0.05, 0.1) is 0 Å². The summed E-state index contributed by atoms with van der Waals surface area (Å²) in [5.74, 6) is 0. The number of hydrogen-bond acceptors (Lipinski definition) is 2. The number of nitrogens with one attached hydrogen (secondary N) is 1. The van der Waals surface area contributed by atoms with Crippen molar-refractivity contribution in [3.05, 3.63) is 0 Å². The predicted octanol–water partition coefficient (Wildman–Crippen LogP) is -0.125. The SMILES string of the molecule is O=CNC1CCN(C(=O)O)CC1. The van der Waals surface area contributed by atoms with E-state index >= 15 is 0 Å². The first kappa shape index (κ1) is 8.83. The number of carbonyl (C=O) groups excluding carboxylic acids is 1. The summed E-state index contributed by atoms with van der Waals surface area (Å²) in [7, 11) is 0. The van der Waals surface area contributed by atoms with Crippen LogP contribution in [0.15, 0.2) is 0 Å². The summed E-state index contributed by atoms with van der Waals surface area (Å²) in [5, 5.41) is 11.2. The Morgan fingerprint density at radius 1 is 1.50 bits per heavy atom. The zero-order valence-electron chi connectivity index (χ0n) is 6.69. The normalized spacial score (nSPS) is 18.8. The minimum atomic E-state index is -0.875. The smallest absolute Gasteiger partial charge is 0.407 e. The summed E-state index contributed by atoms with van der Waals surface area (Å²) in [5.41, 5.74) is 0. The lowest BCUT2D eigenvalue weighted by Gasteiger charge is -2.29. The van der Waals surface area contributed by atoms with Gasteiger partial charge in [0.15, 0.2) is 0 Å². The lowest BCUT2D eigenvalue weighted by molar-refractivity contribution is -0.110. The number of carboxylic acid groups (broad SMARTS) is 1. The molecule has 5 heteroatoms. The molecule has 12 heavy (non-hydrogen) atoms. The van der Waals surface area contributed by atoms with Gasteiger partial charge in [-0.3, -0.25) is 4.79 Å². The minimum absolute atomic E-state index is 0.151. The Kier molecular flexibility index (Phi) is 2.90. The van der Waals surface area contributed by atoms with E-state index < -0.39 is 6.09 Å². The third kappa shape index (κ3) is 2.11. The van der Waals surface area contributed by atoms with E-state index in [0.717, 1.165) is 0 Å². The molecule has 0 aliphatic carbocycles. The number of piperidine rings is 1. The van der Waals surface area contributed by atoms with Crippen molar-refractivity contribution < 1.29 is 14.7 Å². The van der Waals surface area contributed by atoms with Crippen molar-refractivity contribution in [1.29, 1.82) is 0 Å². The fraction of sp³-hybridized carbons (Fsp3) is 0.714. The monoisotopic (exact) mass is 172 g/mol. The largest absolute Gasteiger partial charge is 0.465 e. The lowest BCUT2D eigenvalue weighted by Crippen LogP contribution is -2.44. The fourth-order valence-electron chi connectivity index (χ4n) is 1.33. The molecule has 2 amide bonds. The van der Waals surface area contributed by atoms with E-state index in [1.165, 1.54) is 4.90 Å². The summed E-state index contributed by atoms with van der Waals surface area (Å²) >= 11 is 0. The van der Waals surface area contributed by atoms with E-state index in [1.807, 2.05) is 0 Å². The van der Waals surface area contributed by atoms with Crippen LogP contribution < -0.4 is 5.32 Å². The molecule has 0 aromatic carbocycles. The molecule has 0 unspecified atom stereocenters. The molecule has 1 aliphatic rings. The van der Waals surface area contributed by atoms with Crippen molar-refractivity contribution in [2.45, 2.75) is 18.9 Å². The Hall–Kier alpha value is -1.26.